The van der Waals surface area contributed by atoms with Crippen molar-refractivity contribution in [1.29, 1.82) is 0 Å². The van der Waals surface area contributed by atoms with Gasteiger partial charge in [0.25, 0.3) is 5.91 Å². The number of carboxylic acid groups (broad SMARTS) is 1. The number of benzene rings is 2. The van der Waals surface area contributed by atoms with E-state index in [2.05, 4.69) is 15.4 Å². The minimum absolute atomic E-state index is 0.0737. The number of phenols is 1. The van der Waals surface area contributed by atoms with E-state index in [4.69, 9.17) is 16.1 Å². The number of para-hydroxylation sites is 1. The van der Waals surface area contributed by atoms with Crippen LogP contribution >= 0.6 is 0 Å². The average Bonchev–Trinajstić information content (AvgIpc) is 3.03. The lowest BCUT2D eigenvalue weighted by molar-refractivity contribution is 0.0698. The zero-order chi connectivity index (χ0) is 16.8. The Morgan fingerprint density at radius 3 is 2.43 bits per heavy atom. The number of aromatic hydroxyl groups is 1. The first kappa shape index (κ1) is 15.9. The van der Waals surface area contributed by atoms with Crippen LogP contribution in [-0.4, -0.2) is 37.5 Å². The van der Waals surface area contributed by atoms with Gasteiger partial charge in [0.2, 0.25) is 0 Å². The van der Waals surface area contributed by atoms with Crippen molar-refractivity contribution in [3.8, 4) is 5.75 Å². The highest BCUT2D eigenvalue weighted by Gasteiger charge is 2.09. The van der Waals surface area contributed by atoms with Crippen molar-refractivity contribution in [1.82, 2.24) is 20.8 Å². The zero-order valence-corrected chi connectivity index (χ0v) is 11.7. The maximum absolute atomic E-state index is 10.8. The maximum Gasteiger partial charge on any atom is 0.338 e. The third-order valence-electron chi connectivity index (χ3n) is 2.87. The van der Waals surface area contributed by atoms with Gasteiger partial charge in [-0.3, -0.25) is 15.3 Å². The number of phenolic OH excluding ortho intramolecular Hbond substituents is 1. The van der Waals surface area contributed by atoms with Gasteiger partial charge in [-0.2, -0.15) is 0 Å². The number of amides is 1. The lowest BCUT2D eigenvalue weighted by atomic mass is 10.2. The molecule has 0 atom stereocenters. The number of H-pyrrole nitrogens is 1. The molecule has 0 aliphatic heterocycles. The van der Waals surface area contributed by atoms with E-state index in [-0.39, 0.29) is 16.9 Å². The quantitative estimate of drug-likeness (QED) is 0.264. The van der Waals surface area contributed by atoms with Crippen LogP contribution in [0.5, 0.6) is 5.75 Å². The Morgan fingerprint density at radius 2 is 1.78 bits per heavy atom. The molecule has 1 aromatic heterocycles. The van der Waals surface area contributed by atoms with Gasteiger partial charge < -0.3 is 10.2 Å². The van der Waals surface area contributed by atoms with Gasteiger partial charge in [0, 0.05) is 0 Å². The average molecular weight is 315 g/mol. The van der Waals surface area contributed by atoms with Crippen LogP contribution in [0.1, 0.15) is 20.7 Å². The van der Waals surface area contributed by atoms with E-state index in [0.717, 1.165) is 0 Å². The summed E-state index contributed by atoms with van der Waals surface area (Å²) in [6.07, 6.45) is 0. The number of hydrogen-bond donors (Lipinski definition) is 5. The molecule has 0 aliphatic rings. The predicted molar refractivity (Wildman–Crippen MR) is 80.6 cm³/mol. The molecule has 2 aromatic carbocycles. The second-order valence-electron chi connectivity index (χ2n) is 4.31. The first-order valence-corrected chi connectivity index (χ1v) is 6.36. The van der Waals surface area contributed by atoms with Crippen LogP contribution in [0.2, 0.25) is 0 Å². The second kappa shape index (κ2) is 7.00. The molecular formula is C14H13N5O4. The number of nitrogen functional groups attached to an aromatic ring is 1. The largest absolute Gasteiger partial charge is 0.507 e. The SMILES string of the molecule is NNC(=O)c1ccccc1O.O=C(O)c1cccc2[nH]nnc12. The Balaban J connectivity index is 0.000000168. The molecule has 118 valence electrons. The van der Waals surface area contributed by atoms with E-state index >= 15 is 0 Å². The van der Waals surface area contributed by atoms with Crippen LogP contribution in [0.25, 0.3) is 11.0 Å². The molecule has 0 spiro atoms. The zero-order valence-electron chi connectivity index (χ0n) is 11.7. The molecular weight excluding hydrogens is 302 g/mol. The van der Waals surface area contributed by atoms with Crippen LogP contribution in [0.15, 0.2) is 42.5 Å². The standard InChI is InChI=1S/C7H5N3O2.C7H8N2O2/c11-7(12)4-2-1-3-5-6(4)9-10-8-5;8-9-7(11)5-3-1-2-4-6(5)10/h1-3H,(H,11,12)(H,8,9,10);1-4,10H,8H2,(H,9,11). The van der Waals surface area contributed by atoms with Crippen molar-refractivity contribution in [3.05, 3.63) is 53.6 Å². The van der Waals surface area contributed by atoms with Gasteiger partial charge >= 0.3 is 5.97 Å². The Hall–Kier alpha value is -3.46. The number of nitrogens with two attached hydrogens (primary N) is 1. The van der Waals surface area contributed by atoms with Gasteiger partial charge in [-0.15, -0.1) is 5.10 Å². The summed E-state index contributed by atoms with van der Waals surface area (Å²) in [5, 5.41) is 27.6. The first-order chi connectivity index (χ1) is 11.0. The number of hydrazine groups is 1. The number of fused-ring (bicyclic) bond motifs is 1. The maximum atomic E-state index is 10.8. The first-order valence-electron chi connectivity index (χ1n) is 6.36. The number of carboxylic acids is 1. The number of carbonyl (C=O) groups excluding carboxylic acids is 1. The molecule has 0 saturated carbocycles. The molecule has 1 amide bonds. The highest BCUT2D eigenvalue weighted by atomic mass is 16.4. The summed E-state index contributed by atoms with van der Waals surface area (Å²) in [6, 6.07) is 11.0. The lowest BCUT2D eigenvalue weighted by Crippen LogP contribution is -2.29. The smallest absolute Gasteiger partial charge is 0.338 e. The van der Waals surface area contributed by atoms with E-state index < -0.39 is 11.9 Å². The van der Waals surface area contributed by atoms with E-state index in [9.17, 15) is 9.59 Å². The van der Waals surface area contributed by atoms with E-state index in [1.165, 1.54) is 18.2 Å². The molecule has 0 aliphatic carbocycles. The molecule has 3 rings (SSSR count). The molecule has 0 bridgehead atoms. The minimum Gasteiger partial charge on any atom is -0.507 e. The lowest BCUT2D eigenvalue weighted by Gasteiger charge is -2.00. The Bertz CT molecular complexity index is 846. The Kier molecular flexibility index (Phi) is 4.85. The third kappa shape index (κ3) is 3.60. The molecule has 3 aromatic rings. The number of nitrogens with one attached hydrogen (secondary N) is 2. The normalized spacial score (nSPS) is 9.78. The fourth-order valence-electron chi connectivity index (χ4n) is 1.79. The third-order valence-corrected chi connectivity index (χ3v) is 2.87. The summed E-state index contributed by atoms with van der Waals surface area (Å²) in [5.41, 5.74) is 3.29. The Labute approximate surface area is 129 Å². The molecule has 0 saturated heterocycles. The van der Waals surface area contributed by atoms with Crippen LogP contribution in [0.3, 0.4) is 0 Å². The topological polar surface area (TPSA) is 154 Å². The summed E-state index contributed by atoms with van der Waals surface area (Å²) in [4.78, 5) is 21.5. The highest BCUT2D eigenvalue weighted by Crippen LogP contribution is 2.14. The van der Waals surface area contributed by atoms with Gasteiger partial charge in [0.1, 0.15) is 11.3 Å². The van der Waals surface area contributed by atoms with Gasteiger partial charge in [-0.05, 0) is 24.3 Å². The van der Waals surface area contributed by atoms with Crippen molar-refractivity contribution < 1.29 is 19.8 Å². The number of aromatic nitrogens is 3. The van der Waals surface area contributed by atoms with Gasteiger partial charge in [-0.25, -0.2) is 10.6 Å². The number of hydrogen-bond acceptors (Lipinski definition) is 6. The minimum atomic E-state index is -0.991. The van der Waals surface area contributed by atoms with Gasteiger partial charge in [-0.1, -0.05) is 23.4 Å². The van der Waals surface area contributed by atoms with Gasteiger partial charge in [0.05, 0.1) is 16.6 Å². The van der Waals surface area contributed by atoms with Crippen molar-refractivity contribution in [3.63, 3.8) is 0 Å². The predicted octanol–water partition coefficient (Wildman–Crippen LogP) is 0.652. The molecule has 9 nitrogen and oxygen atoms in total. The van der Waals surface area contributed by atoms with Crippen LogP contribution in [0, 0.1) is 0 Å². The summed E-state index contributed by atoms with van der Waals surface area (Å²) < 4.78 is 0. The van der Waals surface area contributed by atoms with Crippen molar-refractivity contribution in [2.45, 2.75) is 0 Å². The summed E-state index contributed by atoms with van der Waals surface area (Å²) >= 11 is 0. The summed E-state index contributed by atoms with van der Waals surface area (Å²) in [6.45, 7) is 0. The molecule has 0 radical (unpaired) electrons. The number of aromatic carboxylic acids is 1. The summed E-state index contributed by atoms with van der Waals surface area (Å²) in [7, 11) is 0. The molecule has 23 heavy (non-hydrogen) atoms. The van der Waals surface area contributed by atoms with E-state index in [1.807, 2.05) is 5.43 Å². The van der Waals surface area contributed by atoms with Crippen LogP contribution < -0.4 is 11.3 Å². The fraction of sp³-hybridized carbons (Fsp3) is 0. The number of nitrogens with zero attached hydrogens (tertiary/aromatic N) is 2. The molecule has 9 heteroatoms. The number of rotatable bonds is 2. The number of aromatic amines is 1. The Morgan fingerprint density at radius 1 is 1.09 bits per heavy atom. The van der Waals surface area contributed by atoms with Crippen LogP contribution in [-0.2, 0) is 0 Å². The summed E-state index contributed by atoms with van der Waals surface area (Å²) in [5.74, 6) is 3.30. The van der Waals surface area contributed by atoms with Crippen LogP contribution in [0.4, 0.5) is 0 Å². The van der Waals surface area contributed by atoms with Crippen molar-refractivity contribution in [2.75, 3.05) is 0 Å². The van der Waals surface area contributed by atoms with Gasteiger partial charge in [0.15, 0.2) is 0 Å². The van der Waals surface area contributed by atoms with Crippen molar-refractivity contribution >= 4 is 22.9 Å². The second-order valence-corrected chi connectivity index (χ2v) is 4.31. The van der Waals surface area contributed by atoms with Crippen molar-refractivity contribution in [2.24, 2.45) is 5.84 Å². The molecule has 0 fully saturated rings. The monoisotopic (exact) mass is 315 g/mol. The molecule has 6 N–H and O–H groups in total. The van der Waals surface area contributed by atoms with E-state index in [0.29, 0.717) is 11.0 Å². The fourth-order valence-corrected chi connectivity index (χ4v) is 1.79. The molecule has 0 unspecified atom stereocenters. The number of carbonyl (C=O) groups is 2. The highest BCUT2D eigenvalue weighted by molar-refractivity contribution is 6.00. The molecule has 1 heterocycles. The van der Waals surface area contributed by atoms with E-state index in [1.54, 1.807) is 24.3 Å².